The van der Waals surface area contributed by atoms with Crippen molar-refractivity contribution < 1.29 is 22.0 Å². The lowest BCUT2D eigenvalue weighted by atomic mass is 9.93. The molecule has 76 valence electrons. The highest BCUT2D eigenvalue weighted by Crippen LogP contribution is 2.43. The standard InChI is InChI=1S/C8H6BF5/c9-6-3-1-2-5(4-6)7(10,11)8(12,13)14/h1-4H,9H2. The van der Waals surface area contributed by atoms with Crippen LogP contribution in [-0.2, 0) is 5.92 Å². The summed E-state index contributed by atoms with van der Waals surface area (Å²) in [5.74, 6) is -4.78. The number of hydrogen-bond donors (Lipinski definition) is 0. The van der Waals surface area contributed by atoms with E-state index in [0.717, 1.165) is 12.1 Å². The van der Waals surface area contributed by atoms with E-state index in [2.05, 4.69) is 0 Å². The summed E-state index contributed by atoms with van der Waals surface area (Å²) in [6.07, 6.45) is -5.54. The average Bonchev–Trinajstić information content (AvgIpc) is 2.02. The van der Waals surface area contributed by atoms with E-state index in [1.165, 1.54) is 20.0 Å². The third kappa shape index (κ3) is 1.88. The lowest BCUT2D eigenvalue weighted by Gasteiger charge is -2.20. The van der Waals surface area contributed by atoms with Gasteiger partial charge >= 0.3 is 12.1 Å². The van der Waals surface area contributed by atoms with Crippen molar-refractivity contribution >= 4 is 13.3 Å². The molecule has 0 amide bonds. The highest BCUT2D eigenvalue weighted by molar-refractivity contribution is 6.32. The van der Waals surface area contributed by atoms with Gasteiger partial charge in [-0.3, -0.25) is 0 Å². The Balaban J connectivity index is 3.16. The molecule has 0 spiro atoms. The quantitative estimate of drug-likeness (QED) is 0.485. The summed E-state index contributed by atoms with van der Waals surface area (Å²) in [6.45, 7) is 0. The van der Waals surface area contributed by atoms with Gasteiger partial charge in [-0.1, -0.05) is 29.7 Å². The predicted molar refractivity (Wildman–Crippen MR) is 44.6 cm³/mol. The third-order valence-corrected chi connectivity index (χ3v) is 1.74. The molecule has 0 saturated carbocycles. The van der Waals surface area contributed by atoms with E-state index in [0.29, 0.717) is 5.46 Å². The highest BCUT2D eigenvalue weighted by atomic mass is 19.4. The molecule has 0 N–H and O–H groups in total. The maximum absolute atomic E-state index is 12.7. The molecule has 0 nitrogen and oxygen atoms in total. The summed E-state index contributed by atoms with van der Waals surface area (Å²) in [5, 5.41) is 0. The van der Waals surface area contributed by atoms with Gasteiger partial charge in [-0.15, -0.1) is 0 Å². The topological polar surface area (TPSA) is 0 Å². The van der Waals surface area contributed by atoms with Crippen molar-refractivity contribution in [3.8, 4) is 0 Å². The van der Waals surface area contributed by atoms with E-state index in [-0.39, 0.29) is 0 Å². The van der Waals surface area contributed by atoms with E-state index in [1.54, 1.807) is 0 Å². The Kier molecular flexibility index (Phi) is 2.56. The number of halogens is 5. The fraction of sp³-hybridized carbons (Fsp3) is 0.250. The van der Waals surface area contributed by atoms with Crippen LogP contribution in [0.1, 0.15) is 5.56 Å². The lowest BCUT2D eigenvalue weighted by molar-refractivity contribution is -0.289. The first-order valence-electron chi connectivity index (χ1n) is 3.77. The fourth-order valence-corrected chi connectivity index (χ4v) is 1.00. The summed E-state index contributed by atoms with van der Waals surface area (Å²) in [4.78, 5) is 0. The normalized spacial score (nSPS) is 12.9. The maximum atomic E-state index is 12.7. The van der Waals surface area contributed by atoms with Gasteiger partial charge in [0.1, 0.15) is 7.85 Å². The zero-order valence-electron chi connectivity index (χ0n) is 7.20. The largest absolute Gasteiger partial charge is 0.458 e. The molecule has 1 aromatic rings. The van der Waals surface area contributed by atoms with Gasteiger partial charge in [-0.25, -0.2) is 0 Å². The predicted octanol–water partition coefficient (Wildman–Crippen LogP) is 1.60. The van der Waals surface area contributed by atoms with Crippen LogP contribution in [0.5, 0.6) is 0 Å². The Labute approximate surface area is 78.1 Å². The zero-order valence-corrected chi connectivity index (χ0v) is 7.20. The van der Waals surface area contributed by atoms with Crippen LogP contribution in [0.4, 0.5) is 22.0 Å². The molecule has 0 aliphatic heterocycles. The van der Waals surface area contributed by atoms with Crippen molar-refractivity contribution in [1.82, 2.24) is 0 Å². The van der Waals surface area contributed by atoms with Crippen LogP contribution in [0.25, 0.3) is 0 Å². The average molecular weight is 208 g/mol. The van der Waals surface area contributed by atoms with Crippen LogP contribution < -0.4 is 5.46 Å². The van der Waals surface area contributed by atoms with Crippen molar-refractivity contribution in [2.24, 2.45) is 0 Å². The van der Waals surface area contributed by atoms with Gasteiger partial charge in [0.25, 0.3) is 0 Å². The van der Waals surface area contributed by atoms with Gasteiger partial charge in [-0.05, 0) is 0 Å². The zero-order chi connectivity index (χ0) is 11.0. The molecule has 0 aliphatic rings. The summed E-state index contributed by atoms with van der Waals surface area (Å²) in [5.41, 5.74) is -0.656. The van der Waals surface area contributed by atoms with Crippen LogP contribution in [0.2, 0.25) is 0 Å². The Morgan fingerprint density at radius 2 is 1.57 bits per heavy atom. The SMILES string of the molecule is Bc1cccc(C(F)(F)C(F)(F)F)c1. The summed E-state index contributed by atoms with van der Waals surface area (Å²) in [6, 6.07) is 4.22. The lowest BCUT2D eigenvalue weighted by Crippen LogP contribution is -2.34. The minimum absolute atomic E-state index is 0.367. The minimum atomic E-state index is -5.54. The molecule has 1 rings (SSSR count). The van der Waals surface area contributed by atoms with Gasteiger partial charge in [0.05, 0.1) is 0 Å². The summed E-state index contributed by atoms with van der Waals surface area (Å²) < 4.78 is 61.1. The van der Waals surface area contributed by atoms with E-state index in [1.807, 2.05) is 0 Å². The van der Waals surface area contributed by atoms with E-state index in [4.69, 9.17) is 0 Å². The second-order valence-electron chi connectivity index (χ2n) is 2.94. The van der Waals surface area contributed by atoms with Crippen molar-refractivity contribution in [1.29, 1.82) is 0 Å². The maximum Gasteiger partial charge on any atom is 0.458 e. The second-order valence-corrected chi connectivity index (χ2v) is 2.94. The van der Waals surface area contributed by atoms with Crippen LogP contribution in [0.3, 0.4) is 0 Å². The molecule has 0 aliphatic carbocycles. The number of rotatable bonds is 1. The first-order chi connectivity index (χ1) is 6.25. The van der Waals surface area contributed by atoms with E-state index < -0.39 is 17.7 Å². The summed E-state index contributed by atoms with van der Waals surface area (Å²) >= 11 is 0. The molecule has 0 atom stereocenters. The highest BCUT2D eigenvalue weighted by Gasteiger charge is 2.58. The second kappa shape index (κ2) is 3.26. The van der Waals surface area contributed by atoms with Crippen molar-refractivity contribution in [2.75, 3.05) is 0 Å². The van der Waals surface area contributed by atoms with Gasteiger partial charge in [0.15, 0.2) is 0 Å². The molecule has 1 aromatic carbocycles. The molecule has 14 heavy (non-hydrogen) atoms. The number of alkyl halides is 5. The molecule has 0 aromatic heterocycles. The molecule has 0 radical (unpaired) electrons. The smallest absolute Gasteiger partial charge is 0.191 e. The van der Waals surface area contributed by atoms with Gasteiger partial charge in [-0.2, -0.15) is 22.0 Å². The monoisotopic (exact) mass is 208 g/mol. The Bertz CT molecular complexity index is 331. The first-order valence-corrected chi connectivity index (χ1v) is 3.77. The molecular weight excluding hydrogens is 202 g/mol. The number of hydrogen-bond acceptors (Lipinski definition) is 0. The first kappa shape index (κ1) is 11.0. The number of benzene rings is 1. The molecule has 0 saturated heterocycles. The van der Waals surface area contributed by atoms with Crippen molar-refractivity contribution in [2.45, 2.75) is 12.1 Å². The van der Waals surface area contributed by atoms with Crippen LogP contribution in [-0.4, -0.2) is 14.0 Å². The molecule has 0 unspecified atom stereocenters. The molecule has 0 heterocycles. The van der Waals surface area contributed by atoms with Crippen LogP contribution in [0, 0.1) is 0 Å². The molecular formula is C8H6BF5. The van der Waals surface area contributed by atoms with Crippen molar-refractivity contribution in [3.05, 3.63) is 29.8 Å². The van der Waals surface area contributed by atoms with Gasteiger partial charge < -0.3 is 0 Å². The minimum Gasteiger partial charge on any atom is -0.191 e. The Hall–Kier alpha value is -1.07. The van der Waals surface area contributed by atoms with E-state index in [9.17, 15) is 22.0 Å². The van der Waals surface area contributed by atoms with Crippen LogP contribution >= 0.6 is 0 Å². The molecule has 0 bridgehead atoms. The van der Waals surface area contributed by atoms with Crippen molar-refractivity contribution in [3.63, 3.8) is 0 Å². The molecule has 6 heteroatoms. The third-order valence-electron chi connectivity index (χ3n) is 1.74. The Morgan fingerprint density at radius 1 is 1.00 bits per heavy atom. The van der Waals surface area contributed by atoms with Gasteiger partial charge in [0, 0.05) is 5.56 Å². The van der Waals surface area contributed by atoms with Crippen LogP contribution in [0.15, 0.2) is 24.3 Å². The Morgan fingerprint density at radius 3 is 2.00 bits per heavy atom. The fourth-order valence-electron chi connectivity index (χ4n) is 1.00. The molecule has 0 fully saturated rings. The van der Waals surface area contributed by atoms with Gasteiger partial charge in [0.2, 0.25) is 0 Å². The summed E-state index contributed by atoms with van der Waals surface area (Å²) in [7, 11) is 1.45. The van der Waals surface area contributed by atoms with E-state index >= 15 is 0 Å².